The number of pyridine rings is 1. The third kappa shape index (κ3) is 6.04. The zero-order valence-electron chi connectivity index (χ0n) is 18.9. The Bertz CT molecular complexity index is 1390. The summed E-state index contributed by atoms with van der Waals surface area (Å²) < 4.78 is 69.1. The van der Waals surface area contributed by atoms with E-state index in [1.54, 1.807) is 0 Å². The van der Waals surface area contributed by atoms with E-state index in [1.807, 2.05) is 6.07 Å². The molecule has 0 radical (unpaired) electrons. The van der Waals surface area contributed by atoms with Crippen molar-refractivity contribution in [3.05, 3.63) is 16.9 Å². The maximum absolute atomic E-state index is 13.6. The molecule has 2 aromatic rings. The predicted octanol–water partition coefficient (Wildman–Crippen LogP) is 1.12. The highest BCUT2D eigenvalue weighted by molar-refractivity contribution is 7.97. The Morgan fingerprint density at radius 2 is 1.95 bits per heavy atom. The van der Waals surface area contributed by atoms with Crippen molar-refractivity contribution in [1.82, 2.24) is 14.8 Å². The Morgan fingerprint density at radius 1 is 1.30 bits per heavy atom. The quantitative estimate of drug-likeness (QED) is 0.229. The smallest absolute Gasteiger partial charge is 0.340 e. The van der Waals surface area contributed by atoms with Crippen molar-refractivity contribution in [2.45, 2.75) is 62.2 Å². The first-order valence-corrected chi connectivity index (χ1v) is 15.0. The third-order valence-corrected chi connectivity index (χ3v) is 10.3. The van der Waals surface area contributed by atoms with E-state index in [9.17, 15) is 37.2 Å². The van der Waals surface area contributed by atoms with Crippen LogP contribution in [0.4, 0.5) is 14.5 Å². The average Bonchev–Trinajstić information content (AvgIpc) is 3.29. The summed E-state index contributed by atoms with van der Waals surface area (Å²) in [5.74, 6) is -3.75. The summed E-state index contributed by atoms with van der Waals surface area (Å²) in [4.78, 5) is 22.1. The number of nitriles is 1. The molecule has 1 aliphatic carbocycles. The first-order valence-electron chi connectivity index (χ1n) is 11.0. The van der Waals surface area contributed by atoms with Gasteiger partial charge >= 0.3 is 7.60 Å². The van der Waals surface area contributed by atoms with E-state index >= 15 is 0 Å². The molecular weight excluding hydrogens is 563 g/mol. The van der Waals surface area contributed by atoms with Gasteiger partial charge in [0.1, 0.15) is 29.9 Å². The van der Waals surface area contributed by atoms with Crippen LogP contribution in [0.15, 0.2) is 6.20 Å². The predicted molar refractivity (Wildman–Crippen MR) is 125 cm³/mol. The molecule has 1 saturated heterocycles. The minimum atomic E-state index is -4.92. The van der Waals surface area contributed by atoms with Crippen molar-refractivity contribution in [2.24, 2.45) is 0 Å². The van der Waals surface area contributed by atoms with Crippen LogP contribution in [0.2, 0.25) is 5.15 Å². The number of halogens is 3. The Balaban J connectivity index is 1.64. The van der Waals surface area contributed by atoms with Crippen LogP contribution in [0.1, 0.15) is 37.5 Å². The second kappa shape index (κ2) is 9.97. The Labute approximate surface area is 214 Å². The lowest BCUT2D eigenvalue weighted by atomic mass is 9.92. The first kappa shape index (κ1) is 28.1. The van der Waals surface area contributed by atoms with Gasteiger partial charge in [-0.05, 0) is 12.8 Å². The number of anilines is 1. The first-order chi connectivity index (χ1) is 17.1. The molecule has 5 N–H and O–H groups in total. The van der Waals surface area contributed by atoms with Gasteiger partial charge in [-0.25, -0.2) is 26.9 Å². The van der Waals surface area contributed by atoms with Gasteiger partial charge in [0.2, 0.25) is 5.92 Å². The van der Waals surface area contributed by atoms with Crippen molar-refractivity contribution in [2.75, 3.05) is 16.6 Å². The summed E-state index contributed by atoms with van der Waals surface area (Å²) in [7, 11) is -9.31. The van der Waals surface area contributed by atoms with Crippen LogP contribution in [0.25, 0.3) is 11.0 Å². The molecule has 37 heavy (non-hydrogen) atoms. The molecule has 13 nitrogen and oxygen atoms in total. The van der Waals surface area contributed by atoms with Crippen LogP contribution in [0.5, 0.6) is 0 Å². The normalized spacial score (nSPS) is 26.9. The van der Waals surface area contributed by atoms with E-state index in [4.69, 9.17) is 26.1 Å². The highest BCUT2D eigenvalue weighted by atomic mass is 35.5. The van der Waals surface area contributed by atoms with Gasteiger partial charge in [0.25, 0.3) is 0 Å². The monoisotopic (exact) mass is 585 g/mol. The molecule has 4 rings (SSSR count). The molecule has 18 heteroatoms. The van der Waals surface area contributed by atoms with Gasteiger partial charge in [-0.2, -0.15) is 10.4 Å². The van der Waals surface area contributed by atoms with Crippen LogP contribution in [0, 0.1) is 11.3 Å². The zero-order valence-corrected chi connectivity index (χ0v) is 21.4. The summed E-state index contributed by atoms with van der Waals surface area (Å²) in [6, 6.07) is 1.52. The summed E-state index contributed by atoms with van der Waals surface area (Å²) >= 11 is 6.21. The Morgan fingerprint density at radius 3 is 2.54 bits per heavy atom. The van der Waals surface area contributed by atoms with Crippen LogP contribution >= 0.6 is 19.2 Å². The van der Waals surface area contributed by atoms with Crippen LogP contribution in [-0.2, 0) is 19.1 Å². The number of ether oxygens (including phenoxy) is 1. The molecule has 204 valence electrons. The molecule has 4 atom stereocenters. The number of rotatable bonds is 7. The number of nitrogens with one attached hydrogen (secondary N) is 1. The largest absolute Gasteiger partial charge is 0.387 e. The number of nitrogens with zero attached hydrogens (tertiary/aromatic N) is 4. The fourth-order valence-corrected chi connectivity index (χ4v) is 7.95. The lowest BCUT2D eigenvalue weighted by Gasteiger charge is -2.30. The molecule has 0 spiro atoms. The van der Waals surface area contributed by atoms with Crippen molar-refractivity contribution < 1.29 is 46.5 Å². The van der Waals surface area contributed by atoms with Gasteiger partial charge in [0.15, 0.2) is 32.4 Å². The summed E-state index contributed by atoms with van der Waals surface area (Å²) in [6.07, 6.45) is -5.63. The number of hydrogen-bond acceptors (Lipinski definition) is 10. The number of alkyl halides is 2. The van der Waals surface area contributed by atoms with Crippen molar-refractivity contribution in [1.29, 1.82) is 5.26 Å². The van der Waals surface area contributed by atoms with Gasteiger partial charge in [0, 0.05) is 18.9 Å². The number of aliphatic hydroxyl groups is 2. The molecule has 1 saturated carbocycles. The second-order valence-corrected chi connectivity index (χ2v) is 13.7. The zero-order chi connectivity index (χ0) is 27.3. The fraction of sp³-hybridized carbons (Fsp3) is 0.632. The molecule has 0 bridgehead atoms. The molecule has 0 unspecified atom stereocenters. The van der Waals surface area contributed by atoms with E-state index in [2.05, 4.69) is 15.4 Å². The number of aromatic nitrogens is 3. The van der Waals surface area contributed by atoms with Crippen molar-refractivity contribution >= 4 is 45.8 Å². The highest BCUT2D eigenvalue weighted by Gasteiger charge is 2.47. The molecule has 0 amide bonds. The molecule has 3 heterocycles. The van der Waals surface area contributed by atoms with E-state index in [-0.39, 0.29) is 53.1 Å². The van der Waals surface area contributed by atoms with Gasteiger partial charge in [-0.3, -0.25) is 4.57 Å². The number of hydrogen-bond donors (Lipinski definition) is 5. The van der Waals surface area contributed by atoms with E-state index in [1.165, 1.54) is 6.20 Å². The molecule has 2 fully saturated rings. The van der Waals surface area contributed by atoms with Gasteiger partial charge in [-0.1, -0.05) is 11.6 Å². The molecular formula is C19H23ClF2N5O8PS. The van der Waals surface area contributed by atoms with Gasteiger partial charge < -0.3 is 30.1 Å². The summed E-state index contributed by atoms with van der Waals surface area (Å²) in [6.45, 7) is 0. The maximum atomic E-state index is 13.6. The minimum absolute atomic E-state index is 0.0115. The average molecular weight is 586 g/mol. The Hall–Kier alpha value is -1.96. The highest BCUT2D eigenvalue weighted by Crippen LogP contribution is 2.40. The van der Waals surface area contributed by atoms with Gasteiger partial charge in [0.05, 0.1) is 23.0 Å². The van der Waals surface area contributed by atoms with Gasteiger partial charge in [-0.15, -0.1) is 0 Å². The molecule has 2 aliphatic rings. The summed E-state index contributed by atoms with van der Waals surface area (Å²) in [5.41, 5.74) is -1.34. The number of aliphatic hydroxyl groups excluding tert-OH is 2. The SMILES string of the molecule is N#Cc1c(Cl)nc2c(cnn2[C@@H]2O[C@H](CS(=O)(=O)CP(=O)(O)O)[C@@H](O)[C@H]2O)c1NC1CCC(F)(F)CC1. The topological polar surface area (TPSA) is 208 Å². The van der Waals surface area contributed by atoms with Crippen LogP contribution in [-0.4, -0.2) is 84.7 Å². The van der Waals surface area contributed by atoms with E-state index < -0.39 is 65.2 Å². The van der Waals surface area contributed by atoms with Crippen molar-refractivity contribution in [3.8, 4) is 6.07 Å². The lowest BCUT2D eigenvalue weighted by molar-refractivity contribution is -0.0365. The van der Waals surface area contributed by atoms with Crippen LogP contribution < -0.4 is 5.32 Å². The standard InChI is InChI=1S/C19H23ClF2N5O8PS/c20-16-10(5-23)13(25-9-1-3-19(21,22)4-2-9)11-6-24-27(17(11)26-16)18-15(29)14(28)12(35-18)7-37(33,34)8-36(30,31)32/h6,9,12,14-15,18,28-29H,1-4,7-8H2,(H,25,26)(H2,30,31,32)/t12-,14-,15-,18-/m1/s1. The van der Waals surface area contributed by atoms with E-state index in [0.29, 0.717) is 0 Å². The fourth-order valence-electron chi connectivity index (χ4n) is 4.49. The maximum Gasteiger partial charge on any atom is 0.340 e. The molecule has 0 aromatic carbocycles. The van der Waals surface area contributed by atoms with E-state index in [0.717, 1.165) is 4.68 Å². The number of sulfone groups is 1. The molecule has 1 aliphatic heterocycles. The Kier molecular flexibility index (Phi) is 7.56. The number of fused-ring (bicyclic) bond motifs is 1. The lowest BCUT2D eigenvalue weighted by Crippen LogP contribution is -2.36. The summed E-state index contributed by atoms with van der Waals surface area (Å²) in [5, 5.41) is 37.7. The molecule has 2 aromatic heterocycles. The van der Waals surface area contributed by atoms with Crippen LogP contribution in [0.3, 0.4) is 0 Å². The third-order valence-electron chi connectivity index (χ3n) is 6.24. The minimum Gasteiger partial charge on any atom is -0.387 e. The second-order valence-electron chi connectivity index (χ2n) is 9.12. The van der Waals surface area contributed by atoms with Crippen molar-refractivity contribution in [3.63, 3.8) is 0 Å².